The van der Waals surface area contributed by atoms with Crippen LogP contribution in [-0.2, 0) is 23.6 Å². The Morgan fingerprint density at radius 3 is 2.58 bits per heavy atom. The third-order valence-electron chi connectivity index (χ3n) is 3.44. The van der Waals surface area contributed by atoms with Gasteiger partial charge in [-0.3, -0.25) is 0 Å². The van der Waals surface area contributed by atoms with Gasteiger partial charge in [0.2, 0.25) is 0 Å². The first-order chi connectivity index (χ1) is 9.24. The van der Waals surface area contributed by atoms with E-state index in [1.807, 2.05) is 30.3 Å². The van der Waals surface area contributed by atoms with Crippen LogP contribution in [0.15, 0.2) is 46.2 Å². The summed E-state index contributed by atoms with van der Waals surface area (Å²) in [5.41, 5.74) is 2.35. The largest absolute Gasteiger partial charge is 0.455 e. The van der Waals surface area contributed by atoms with Gasteiger partial charge in [-0.2, -0.15) is 0 Å². The first kappa shape index (κ1) is 12.4. The molecule has 98 valence electrons. The molecule has 1 atom stereocenters. The van der Waals surface area contributed by atoms with Crippen LogP contribution in [0.2, 0.25) is 0 Å². The zero-order chi connectivity index (χ0) is 13.4. The van der Waals surface area contributed by atoms with Crippen LogP contribution in [0.1, 0.15) is 25.0 Å². The number of benzene rings is 2. The van der Waals surface area contributed by atoms with Crippen molar-refractivity contribution in [1.82, 2.24) is 0 Å². The van der Waals surface area contributed by atoms with E-state index in [9.17, 15) is 4.21 Å². The van der Waals surface area contributed by atoms with E-state index in [0.717, 1.165) is 33.9 Å². The van der Waals surface area contributed by atoms with Crippen LogP contribution in [0.5, 0.6) is 11.5 Å². The van der Waals surface area contributed by atoms with Crippen molar-refractivity contribution in [2.75, 3.05) is 0 Å². The Balaban J connectivity index is 2.22. The zero-order valence-electron chi connectivity index (χ0n) is 11.1. The Labute approximate surface area is 115 Å². The van der Waals surface area contributed by atoms with Crippen molar-refractivity contribution in [1.29, 1.82) is 0 Å². The number of hydrogen-bond acceptors (Lipinski definition) is 2. The molecular weight excluding hydrogens is 256 g/mol. The van der Waals surface area contributed by atoms with Crippen molar-refractivity contribution in [3.8, 4) is 11.5 Å². The fourth-order valence-corrected chi connectivity index (χ4v) is 3.69. The van der Waals surface area contributed by atoms with Crippen LogP contribution in [-0.4, -0.2) is 4.21 Å². The summed E-state index contributed by atoms with van der Waals surface area (Å²) in [7, 11) is -1.14. The second kappa shape index (κ2) is 4.82. The summed E-state index contributed by atoms with van der Waals surface area (Å²) in [6.07, 6.45) is 1.83. The summed E-state index contributed by atoms with van der Waals surface area (Å²) in [5, 5.41) is 0. The van der Waals surface area contributed by atoms with Gasteiger partial charge in [0.15, 0.2) is 0 Å². The molecule has 0 aromatic heterocycles. The Bertz CT molecular complexity index is 662. The van der Waals surface area contributed by atoms with Crippen molar-refractivity contribution in [3.05, 3.63) is 47.5 Å². The molecule has 0 spiro atoms. The lowest BCUT2D eigenvalue weighted by Crippen LogP contribution is -2.08. The molecule has 1 aliphatic heterocycles. The fraction of sp³-hybridized carbons (Fsp3) is 0.250. The van der Waals surface area contributed by atoms with Crippen molar-refractivity contribution in [3.63, 3.8) is 0 Å². The SMILES string of the molecule is CCc1cc(CC)c2c(c1)S(=O)c1ccccc1O2. The van der Waals surface area contributed by atoms with Gasteiger partial charge < -0.3 is 4.74 Å². The second-order valence-corrected chi connectivity index (χ2v) is 6.02. The monoisotopic (exact) mass is 272 g/mol. The lowest BCUT2D eigenvalue weighted by atomic mass is 10.1. The molecule has 0 radical (unpaired) electrons. The van der Waals surface area contributed by atoms with E-state index in [1.165, 1.54) is 5.56 Å². The molecule has 2 aromatic carbocycles. The van der Waals surface area contributed by atoms with E-state index >= 15 is 0 Å². The molecule has 1 heterocycles. The van der Waals surface area contributed by atoms with Gasteiger partial charge in [0.1, 0.15) is 11.5 Å². The number of rotatable bonds is 2. The molecule has 19 heavy (non-hydrogen) atoms. The summed E-state index contributed by atoms with van der Waals surface area (Å²) in [5.74, 6) is 1.50. The number of fused-ring (bicyclic) bond motifs is 2. The molecular formula is C16H16O2S. The number of para-hydroxylation sites is 1. The van der Waals surface area contributed by atoms with Crippen LogP contribution in [0, 0.1) is 0 Å². The lowest BCUT2D eigenvalue weighted by molar-refractivity contribution is 0.444. The Morgan fingerprint density at radius 1 is 1.05 bits per heavy atom. The minimum atomic E-state index is -1.14. The number of aryl methyl sites for hydroxylation is 2. The van der Waals surface area contributed by atoms with Gasteiger partial charge in [0.05, 0.1) is 20.6 Å². The molecule has 3 rings (SSSR count). The summed E-state index contributed by atoms with van der Waals surface area (Å²) in [4.78, 5) is 1.58. The molecule has 0 amide bonds. The highest BCUT2D eigenvalue weighted by Crippen LogP contribution is 2.42. The average molecular weight is 272 g/mol. The first-order valence-electron chi connectivity index (χ1n) is 6.59. The highest BCUT2D eigenvalue weighted by Gasteiger charge is 2.26. The van der Waals surface area contributed by atoms with Gasteiger partial charge in [0.25, 0.3) is 0 Å². The van der Waals surface area contributed by atoms with Crippen molar-refractivity contribution in [2.45, 2.75) is 36.5 Å². The predicted molar refractivity (Wildman–Crippen MR) is 76.4 cm³/mol. The van der Waals surface area contributed by atoms with E-state index in [0.29, 0.717) is 5.75 Å². The fourth-order valence-electron chi connectivity index (χ4n) is 2.36. The highest BCUT2D eigenvalue weighted by atomic mass is 32.2. The van der Waals surface area contributed by atoms with Crippen LogP contribution >= 0.6 is 0 Å². The van der Waals surface area contributed by atoms with Crippen LogP contribution in [0.25, 0.3) is 0 Å². The van der Waals surface area contributed by atoms with Gasteiger partial charge in [-0.25, -0.2) is 4.21 Å². The van der Waals surface area contributed by atoms with Gasteiger partial charge in [0, 0.05) is 0 Å². The van der Waals surface area contributed by atoms with Gasteiger partial charge >= 0.3 is 0 Å². The normalized spacial score (nSPS) is 16.4. The predicted octanol–water partition coefficient (Wildman–Crippen LogP) is 4.08. The zero-order valence-corrected chi connectivity index (χ0v) is 11.9. The maximum Gasteiger partial charge on any atom is 0.147 e. The molecule has 1 aliphatic rings. The summed E-state index contributed by atoms with van der Waals surface area (Å²) in [6.45, 7) is 4.21. The molecule has 2 aromatic rings. The molecule has 0 N–H and O–H groups in total. The average Bonchev–Trinajstić information content (AvgIpc) is 2.47. The molecule has 0 fully saturated rings. The third-order valence-corrected chi connectivity index (χ3v) is 4.88. The minimum Gasteiger partial charge on any atom is -0.455 e. The van der Waals surface area contributed by atoms with Crippen molar-refractivity contribution >= 4 is 10.8 Å². The Morgan fingerprint density at radius 2 is 1.84 bits per heavy atom. The smallest absolute Gasteiger partial charge is 0.147 e. The van der Waals surface area contributed by atoms with Gasteiger partial charge in [-0.05, 0) is 42.2 Å². The van der Waals surface area contributed by atoms with E-state index in [4.69, 9.17) is 4.74 Å². The molecule has 0 bridgehead atoms. The molecule has 2 nitrogen and oxygen atoms in total. The Kier molecular flexibility index (Phi) is 3.15. The summed E-state index contributed by atoms with van der Waals surface area (Å²) in [6, 6.07) is 11.7. The molecule has 0 saturated heterocycles. The Hall–Kier alpha value is -1.61. The van der Waals surface area contributed by atoms with Gasteiger partial charge in [-0.15, -0.1) is 0 Å². The van der Waals surface area contributed by atoms with Crippen molar-refractivity contribution in [2.24, 2.45) is 0 Å². The van der Waals surface area contributed by atoms with Crippen molar-refractivity contribution < 1.29 is 8.95 Å². The third kappa shape index (κ3) is 1.98. The molecule has 0 saturated carbocycles. The quantitative estimate of drug-likeness (QED) is 0.702. The second-order valence-electron chi connectivity index (χ2n) is 4.61. The minimum absolute atomic E-state index is 0.715. The first-order valence-corrected chi connectivity index (χ1v) is 7.74. The van der Waals surface area contributed by atoms with Crippen LogP contribution < -0.4 is 4.74 Å². The topological polar surface area (TPSA) is 26.3 Å². The van der Waals surface area contributed by atoms with Gasteiger partial charge in [-0.1, -0.05) is 32.0 Å². The number of ether oxygens (including phenoxy) is 1. The summed E-state index contributed by atoms with van der Waals surface area (Å²) >= 11 is 0. The van der Waals surface area contributed by atoms with E-state index in [1.54, 1.807) is 0 Å². The maximum absolute atomic E-state index is 12.7. The lowest BCUT2D eigenvalue weighted by Gasteiger charge is -2.22. The van der Waals surface area contributed by atoms with E-state index in [2.05, 4.69) is 19.9 Å². The highest BCUT2D eigenvalue weighted by molar-refractivity contribution is 7.85. The van der Waals surface area contributed by atoms with E-state index < -0.39 is 10.8 Å². The standard InChI is InChI=1S/C16H16O2S/c1-3-11-9-12(4-2)16-15(10-11)19(17)14-8-6-5-7-13(14)18-16/h5-10H,3-4H2,1-2H3. The van der Waals surface area contributed by atoms with Crippen LogP contribution in [0.3, 0.4) is 0 Å². The maximum atomic E-state index is 12.7. The molecule has 0 aliphatic carbocycles. The molecule has 3 heteroatoms. The summed E-state index contributed by atoms with van der Waals surface area (Å²) < 4.78 is 18.7. The number of hydrogen-bond donors (Lipinski definition) is 0. The van der Waals surface area contributed by atoms with Crippen LogP contribution in [0.4, 0.5) is 0 Å². The molecule has 1 unspecified atom stereocenters. The van der Waals surface area contributed by atoms with E-state index in [-0.39, 0.29) is 0 Å².